The van der Waals surface area contributed by atoms with Crippen LogP contribution in [-0.4, -0.2) is 52.3 Å². The number of hydrogen-bond acceptors (Lipinski definition) is 5. The zero-order valence-electron chi connectivity index (χ0n) is 12.9. The van der Waals surface area contributed by atoms with Crippen LogP contribution >= 0.6 is 11.8 Å². The molecular formula is C15H22N4O2S. The number of nitrogens with one attached hydrogen (secondary N) is 1. The molecule has 22 heavy (non-hydrogen) atoms. The van der Waals surface area contributed by atoms with Crippen molar-refractivity contribution in [2.45, 2.75) is 31.5 Å². The van der Waals surface area contributed by atoms with Crippen molar-refractivity contribution in [3.8, 4) is 0 Å². The molecule has 1 saturated heterocycles. The van der Waals surface area contributed by atoms with E-state index in [-0.39, 0.29) is 17.0 Å². The molecule has 1 fully saturated rings. The maximum absolute atomic E-state index is 12.2. The molecule has 1 amide bonds. The number of hydrogen-bond donors (Lipinski definition) is 1. The molecule has 0 aliphatic carbocycles. The average Bonchev–Trinajstić information content (AvgIpc) is 2.97. The summed E-state index contributed by atoms with van der Waals surface area (Å²) in [6, 6.07) is 0. The van der Waals surface area contributed by atoms with Crippen molar-refractivity contribution in [2.75, 3.05) is 31.9 Å². The number of carbonyl (C=O) groups is 1. The molecule has 2 aliphatic rings. The molecular weight excluding hydrogens is 300 g/mol. The molecule has 0 radical (unpaired) electrons. The van der Waals surface area contributed by atoms with E-state index in [0.717, 1.165) is 31.3 Å². The summed E-state index contributed by atoms with van der Waals surface area (Å²) in [7, 11) is 0. The third-order valence-corrected chi connectivity index (χ3v) is 5.23. The van der Waals surface area contributed by atoms with Crippen LogP contribution in [0.1, 0.15) is 30.1 Å². The first-order valence-electron chi connectivity index (χ1n) is 7.88. The summed E-state index contributed by atoms with van der Waals surface area (Å²) in [6.45, 7) is 6.50. The summed E-state index contributed by atoms with van der Waals surface area (Å²) >= 11 is 1.55. The van der Waals surface area contributed by atoms with Gasteiger partial charge in [-0.25, -0.2) is 4.98 Å². The number of likely N-dealkylation sites (tertiary alicyclic amines) is 1. The van der Waals surface area contributed by atoms with Gasteiger partial charge in [-0.2, -0.15) is 0 Å². The predicted molar refractivity (Wildman–Crippen MR) is 86.4 cm³/mol. The molecule has 0 saturated carbocycles. The second-order valence-electron chi connectivity index (χ2n) is 6.06. The molecule has 3 rings (SSSR count). The van der Waals surface area contributed by atoms with Crippen LogP contribution in [0.25, 0.3) is 0 Å². The number of carbonyl (C=O) groups excluding carboxylic acids is 1. The molecule has 120 valence electrons. The van der Waals surface area contributed by atoms with E-state index in [2.05, 4.69) is 22.1 Å². The minimum absolute atomic E-state index is 0.151. The van der Waals surface area contributed by atoms with Gasteiger partial charge in [0.1, 0.15) is 5.56 Å². The number of nitrogens with zero attached hydrogens (tertiary/aromatic N) is 3. The molecule has 1 aromatic heterocycles. The lowest BCUT2D eigenvalue weighted by Crippen LogP contribution is -2.41. The maximum atomic E-state index is 12.2. The van der Waals surface area contributed by atoms with Gasteiger partial charge in [0.05, 0.1) is 0 Å². The summed E-state index contributed by atoms with van der Waals surface area (Å²) in [5, 5.41) is 3.56. The monoisotopic (exact) mass is 322 g/mol. The third-order valence-electron chi connectivity index (χ3n) is 4.26. The van der Waals surface area contributed by atoms with Gasteiger partial charge in [-0.3, -0.25) is 14.2 Å². The number of fused-ring (bicyclic) bond motifs is 1. The molecule has 7 heteroatoms. The van der Waals surface area contributed by atoms with Gasteiger partial charge in [0, 0.05) is 38.1 Å². The molecule has 0 unspecified atom stereocenters. The van der Waals surface area contributed by atoms with Crippen molar-refractivity contribution in [2.24, 2.45) is 5.92 Å². The van der Waals surface area contributed by atoms with Crippen molar-refractivity contribution >= 4 is 17.7 Å². The second kappa shape index (κ2) is 6.83. The van der Waals surface area contributed by atoms with Crippen molar-refractivity contribution in [3.05, 3.63) is 22.1 Å². The highest BCUT2D eigenvalue weighted by atomic mass is 32.2. The summed E-state index contributed by atoms with van der Waals surface area (Å²) in [4.78, 5) is 31.0. The van der Waals surface area contributed by atoms with E-state index in [9.17, 15) is 9.59 Å². The van der Waals surface area contributed by atoms with Crippen molar-refractivity contribution in [3.63, 3.8) is 0 Å². The van der Waals surface area contributed by atoms with E-state index < -0.39 is 0 Å². The van der Waals surface area contributed by atoms with Crippen molar-refractivity contribution < 1.29 is 4.79 Å². The predicted octanol–water partition coefficient (Wildman–Crippen LogP) is 0.811. The van der Waals surface area contributed by atoms with Gasteiger partial charge in [-0.05, 0) is 25.3 Å². The quantitative estimate of drug-likeness (QED) is 0.831. The average molecular weight is 322 g/mol. The minimum atomic E-state index is -0.310. The van der Waals surface area contributed by atoms with Crippen LogP contribution in [-0.2, 0) is 6.54 Å². The Labute approximate surface area is 134 Å². The summed E-state index contributed by atoms with van der Waals surface area (Å²) in [6.07, 6.45) is 3.92. The zero-order chi connectivity index (χ0) is 15.5. The molecule has 0 aromatic carbocycles. The van der Waals surface area contributed by atoms with Gasteiger partial charge in [-0.15, -0.1) is 0 Å². The van der Waals surface area contributed by atoms with E-state index in [1.54, 1.807) is 16.3 Å². The Bertz CT molecular complexity index is 616. The standard InChI is InChI=1S/C15H22N4O2S/c1-11-3-2-5-18(10-11)6-4-16-13(20)12-9-17-15-19(14(12)21)7-8-22-15/h9,11H,2-8,10H2,1H3,(H,16,20)/t11-/m1/s1. The zero-order valence-corrected chi connectivity index (χ0v) is 13.7. The van der Waals surface area contributed by atoms with Gasteiger partial charge in [0.25, 0.3) is 11.5 Å². The largest absolute Gasteiger partial charge is 0.351 e. The fourth-order valence-corrected chi connectivity index (χ4v) is 4.00. The Morgan fingerprint density at radius 1 is 1.50 bits per heavy atom. The summed E-state index contributed by atoms with van der Waals surface area (Å²) in [5.74, 6) is 1.27. The number of amides is 1. The van der Waals surface area contributed by atoms with Crippen LogP contribution in [0.2, 0.25) is 0 Å². The van der Waals surface area contributed by atoms with Gasteiger partial charge in [0.15, 0.2) is 5.16 Å². The van der Waals surface area contributed by atoms with Gasteiger partial charge < -0.3 is 10.2 Å². The Morgan fingerprint density at radius 3 is 3.18 bits per heavy atom. The topological polar surface area (TPSA) is 67.2 Å². The molecule has 1 aromatic rings. The van der Waals surface area contributed by atoms with Gasteiger partial charge >= 0.3 is 0 Å². The molecule has 1 atom stereocenters. The Hall–Kier alpha value is -1.34. The second-order valence-corrected chi connectivity index (χ2v) is 7.13. The Kier molecular flexibility index (Phi) is 4.83. The highest BCUT2D eigenvalue weighted by molar-refractivity contribution is 7.99. The molecule has 0 spiro atoms. The molecule has 3 heterocycles. The van der Waals surface area contributed by atoms with E-state index in [1.807, 2.05) is 0 Å². The molecule has 1 N–H and O–H groups in total. The normalized spacial score (nSPS) is 21.6. The lowest BCUT2D eigenvalue weighted by atomic mass is 10.0. The number of piperidine rings is 1. The van der Waals surface area contributed by atoms with Gasteiger partial charge in [0.2, 0.25) is 0 Å². The van der Waals surface area contributed by atoms with Crippen molar-refractivity contribution in [1.29, 1.82) is 0 Å². The van der Waals surface area contributed by atoms with E-state index in [4.69, 9.17) is 0 Å². The Balaban J connectivity index is 1.55. The SMILES string of the molecule is C[C@@H]1CCCN(CCNC(=O)c2cnc3n(c2=O)CCS3)C1. The first kappa shape index (κ1) is 15.6. The van der Waals surface area contributed by atoms with Crippen LogP contribution in [0.3, 0.4) is 0 Å². The fraction of sp³-hybridized carbons (Fsp3) is 0.667. The number of rotatable bonds is 4. The van der Waals surface area contributed by atoms with Crippen LogP contribution in [0.5, 0.6) is 0 Å². The highest BCUT2D eigenvalue weighted by Crippen LogP contribution is 2.20. The van der Waals surface area contributed by atoms with E-state index in [1.165, 1.54) is 19.0 Å². The maximum Gasteiger partial charge on any atom is 0.267 e. The van der Waals surface area contributed by atoms with Crippen LogP contribution in [0.15, 0.2) is 16.1 Å². The third kappa shape index (κ3) is 3.35. The lowest BCUT2D eigenvalue weighted by Gasteiger charge is -2.30. The Morgan fingerprint density at radius 2 is 2.36 bits per heavy atom. The lowest BCUT2D eigenvalue weighted by molar-refractivity contribution is 0.0941. The number of aromatic nitrogens is 2. The molecule has 6 nitrogen and oxygen atoms in total. The molecule has 0 bridgehead atoms. The van der Waals surface area contributed by atoms with E-state index in [0.29, 0.717) is 18.2 Å². The first-order chi connectivity index (χ1) is 10.6. The van der Waals surface area contributed by atoms with Crippen LogP contribution < -0.4 is 10.9 Å². The van der Waals surface area contributed by atoms with E-state index >= 15 is 0 Å². The summed E-state index contributed by atoms with van der Waals surface area (Å²) in [5.41, 5.74) is -0.0719. The fourth-order valence-electron chi connectivity index (χ4n) is 3.09. The van der Waals surface area contributed by atoms with Crippen molar-refractivity contribution in [1.82, 2.24) is 19.8 Å². The van der Waals surface area contributed by atoms with Crippen LogP contribution in [0, 0.1) is 5.92 Å². The highest BCUT2D eigenvalue weighted by Gasteiger charge is 2.20. The number of thioether (sulfide) groups is 1. The smallest absolute Gasteiger partial charge is 0.267 e. The van der Waals surface area contributed by atoms with Gasteiger partial charge in [-0.1, -0.05) is 18.7 Å². The summed E-state index contributed by atoms with van der Waals surface area (Å²) < 4.78 is 1.59. The van der Waals surface area contributed by atoms with Crippen LogP contribution in [0.4, 0.5) is 0 Å². The first-order valence-corrected chi connectivity index (χ1v) is 8.87. The molecule has 2 aliphatic heterocycles. The minimum Gasteiger partial charge on any atom is -0.351 e.